The third-order valence-electron chi connectivity index (χ3n) is 1.50. The summed E-state index contributed by atoms with van der Waals surface area (Å²) in [4.78, 5) is 3.16. The maximum atomic E-state index is 12.3. The molecule has 84 valence electrons. The molecule has 0 radical (unpaired) electrons. The monoisotopic (exact) mass is 258 g/mol. The van der Waals surface area contributed by atoms with E-state index in [1.165, 1.54) is 0 Å². The van der Waals surface area contributed by atoms with Gasteiger partial charge in [-0.05, 0) is 0 Å². The Morgan fingerprint density at radius 2 is 2.07 bits per heavy atom. The second-order valence-corrected chi connectivity index (χ2v) is 4.40. The topological polar surface area (TPSA) is 93.3 Å². The third-order valence-corrected chi connectivity index (χ3v) is 2.64. The number of nitrogens with two attached hydrogens (primary N) is 1. The van der Waals surface area contributed by atoms with Crippen molar-refractivity contribution in [3.63, 3.8) is 0 Å². The number of sulfonamides is 1. The van der Waals surface area contributed by atoms with E-state index in [0.29, 0.717) is 6.20 Å². The van der Waals surface area contributed by atoms with E-state index < -0.39 is 37.8 Å². The van der Waals surface area contributed by atoms with Gasteiger partial charge in [0, 0.05) is 6.20 Å². The van der Waals surface area contributed by atoms with Gasteiger partial charge in [0.25, 0.3) is 16.4 Å². The largest absolute Gasteiger partial charge is 0.504 e. The summed E-state index contributed by atoms with van der Waals surface area (Å²) in [6.45, 7) is 0. The van der Waals surface area contributed by atoms with Crippen LogP contribution in [0.2, 0.25) is 5.02 Å². The molecule has 9 heteroatoms. The Morgan fingerprint density at radius 3 is 2.47 bits per heavy atom. The average molecular weight is 259 g/mol. The van der Waals surface area contributed by atoms with Crippen LogP contribution in [0.3, 0.4) is 0 Å². The number of alkyl halides is 2. The maximum absolute atomic E-state index is 12.3. The van der Waals surface area contributed by atoms with E-state index in [-0.39, 0.29) is 0 Å². The second-order valence-electron chi connectivity index (χ2n) is 2.52. The van der Waals surface area contributed by atoms with Crippen LogP contribution in [0.4, 0.5) is 8.78 Å². The van der Waals surface area contributed by atoms with Gasteiger partial charge in [-0.25, -0.2) is 27.3 Å². The lowest BCUT2D eigenvalue weighted by molar-refractivity contribution is 0.146. The highest BCUT2D eigenvalue weighted by Crippen LogP contribution is 2.36. The van der Waals surface area contributed by atoms with Crippen LogP contribution in [0.15, 0.2) is 11.2 Å². The summed E-state index contributed by atoms with van der Waals surface area (Å²) in [5.41, 5.74) is -1.00. The number of rotatable bonds is 2. The van der Waals surface area contributed by atoms with Crippen LogP contribution in [0, 0.1) is 0 Å². The molecule has 0 saturated heterocycles. The Kier molecular flexibility index (Phi) is 3.12. The molecule has 15 heavy (non-hydrogen) atoms. The molecule has 0 aromatic carbocycles. The highest BCUT2D eigenvalue weighted by atomic mass is 35.5. The number of nitrogens with zero attached hydrogens (tertiary/aromatic N) is 1. The molecule has 0 bridgehead atoms. The van der Waals surface area contributed by atoms with E-state index in [0.717, 1.165) is 0 Å². The molecule has 5 nitrogen and oxygen atoms in total. The second kappa shape index (κ2) is 3.87. The first-order chi connectivity index (χ1) is 6.75. The molecule has 0 spiro atoms. The number of hydrogen-bond acceptors (Lipinski definition) is 4. The minimum atomic E-state index is -4.36. The van der Waals surface area contributed by atoms with Crippen molar-refractivity contribution in [3.8, 4) is 5.75 Å². The van der Waals surface area contributed by atoms with E-state index >= 15 is 0 Å². The van der Waals surface area contributed by atoms with E-state index in [1.807, 2.05) is 0 Å². The number of aromatic nitrogens is 1. The predicted octanol–water partition coefficient (Wildman–Crippen LogP) is 1.03. The van der Waals surface area contributed by atoms with Crippen LogP contribution in [0.1, 0.15) is 12.0 Å². The van der Waals surface area contributed by atoms with Gasteiger partial charge in [0.15, 0.2) is 5.75 Å². The maximum Gasteiger partial charge on any atom is 0.269 e. The first-order valence-electron chi connectivity index (χ1n) is 3.43. The van der Waals surface area contributed by atoms with E-state index in [2.05, 4.69) is 10.1 Å². The van der Waals surface area contributed by atoms with E-state index in [4.69, 9.17) is 11.6 Å². The van der Waals surface area contributed by atoms with Crippen molar-refractivity contribution in [2.24, 2.45) is 5.14 Å². The van der Waals surface area contributed by atoms with Crippen LogP contribution in [-0.4, -0.2) is 18.5 Å². The predicted molar refractivity (Wildman–Crippen MR) is 47.2 cm³/mol. The zero-order valence-corrected chi connectivity index (χ0v) is 8.56. The summed E-state index contributed by atoms with van der Waals surface area (Å²) in [5.74, 6) is -1.22. The first kappa shape index (κ1) is 12.1. The molecule has 3 N–H and O–H groups in total. The lowest BCUT2D eigenvalue weighted by atomic mass is 10.2. The van der Waals surface area contributed by atoms with Gasteiger partial charge in [0.2, 0.25) is 5.03 Å². The van der Waals surface area contributed by atoms with Gasteiger partial charge in [-0.2, -0.15) is 0 Å². The van der Waals surface area contributed by atoms with Gasteiger partial charge in [-0.1, -0.05) is 11.6 Å². The normalized spacial score (nSPS) is 12.1. The lowest BCUT2D eigenvalue weighted by Crippen LogP contribution is -2.15. The van der Waals surface area contributed by atoms with Crippen molar-refractivity contribution in [2.45, 2.75) is 11.5 Å². The summed E-state index contributed by atoms with van der Waals surface area (Å²) >= 11 is 5.31. The summed E-state index contributed by atoms with van der Waals surface area (Å²) in [6, 6.07) is 0. The zero-order chi connectivity index (χ0) is 11.8. The Hall–Kier alpha value is -0.990. The molecule has 1 aromatic rings. The van der Waals surface area contributed by atoms with Gasteiger partial charge >= 0.3 is 0 Å². The third kappa shape index (κ3) is 2.33. The van der Waals surface area contributed by atoms with Crippen molar-refractivity contribution in [1.82, 2.24) is 4.98 Å². The Bertz CT molecular complexity index is 491. The highest BCUT2D eigenvalue weighted by molar-refractivity contribution is 7.89. The fraction of sp³-hybridized carbons (Fsp3) is 0.167. The standard InChI is InChI=1S/C6H5ClF2N2O3S/c7-2-1-11-6(15(10,13)14)4(12)3(2)5(8)9/h1,5,12H,(H2,10,13,14). The summed E-state index contributed by atoms with van der Waals surface area (Å²) < 4.78 is 46.3. The molecule has 0 aliphatic heterocycles. The molecular formula is C6H5ClF2N2O3S. The minimum Gasteiger partial charge on any atom is -0.504 e. The van der Waals surface area contributed by atoms with Gasteiger partial charge in [-0.15, -0.1) is 0 Å². The van der Waals surface area contributed by atoms with Crippen molar-refractivity contribution in [3.05, 3.63) is 16.8 Å². The van der Waals surface area contributed by atoms with Gasteiger partial charge < -0.3 is 5.11 Å². The molecule has 0 atom stereocenters. The number of hydrogen-bond donors (Lipinski definition) is 2. The molecule has 0 aliphatic rings. The molecular weight excluding hydrogens is 254 g/mol. The van der Waals surface area contributed by atoms with Crippen molar-refractivity contribution in [2.75, 3.05) is 0 Å². The number of pyridine rings is 1. The number of aromatic hydroxyl groups is 1. The quantitative estimate of drug-likeness (QED) is 0.828. The highest BCUT2D eigenvalue weighted by Gasteiger charge is 2.25. The van der Waals surface area contributed by atoms with Crippen molar-refractivity contribution in [1.29, 1.82) is 0 Å². The SMILES string of the molecule is NS(=O)(=O)c1ncc(Cl)c(C(F)F)c1O. The van der Waals surface area contributed by atoms with Crippen LogP contribution in [0.5, 0.6) is 5.75 Å². The van der Waals surface area contributed by atoms with Gasteiger partial charge in [0.1, 0.15) is 0 Å². The van der Waals surface area contributed by atoms with Crippen LogP contribution in [0.25, 0.3) is 0 Å². The number of primary sulfonamides is 1. The minimum absolute atomic E-state index is 0.532. The summed E-state index contributed by atoms with van der Waals surface area (Å²) in [5, 5.41) is 12.3. The fourth-order valence-corrected chi connectivity index (χ4v) is 1.69. The Balaban J connectivity index is 3.56. The molecule has 1 aromatic heterocycles. The Morgan fingerprint density at radius 1 is 1.53 bits per heavy atom. The van der Waals surface area contributed by atoms with Crippen LogP contribution < -0.4 is 5.14 Å². The molecule has 0 saturated carbocycles. The zero-order valence-electron chi connectivity index (χ0n) is 6.99. The molecule has 1 rings (SSSR count). The molecule has 0 aliphatic carbocycles. The van der Waals surface area contributed by atoms with Gasteiger partial charge in [-0.3, -0.25) is 0 Å². The molecule has 0 fully saturated rings. The average Bonchev–Trinajstić information content (AvgIpc) is 2.00. The first-order valence-corrected chi connectivity index (χ1v) is 5.36. The lowest BCUT2D eigenvalue weighted by Gasteiger charge is -2.08. The van der Waals surface area contributed by atoms with E-state index in [9.17, 15) is 22.3 Å². The van der Waals surface area contributed by atoms with Crippen LogP contribution >= 0.6 is 11.6 Å². The molecule has 0 unspecified atom stereocenters. The van der Waals surface area contributed by atoms with Gasteiger partial charge in [0.05, 0.1) is 10.6 Å². The number of halogens is 3. The Labute approximate surface area is 88.5 Å². The van der Waals surface area contributed by atoms with Crippen molar-refractivity contribution < 1.29 is 22.3 Å². The van der Waals surface area contributed by atoms with Crippen molar-refractivity contribution >= 4 is 21.6 Å². The molecule has 1 heterocycles. The van der Waals surface area contributed by atoms with E-state index in [1.54, 1.807) is 0 Å². The smallest absolute Gasteiger partial charge is 0.269 e. The molecule has 0 amide bonds. The fourth-order valence-electron chi connectivity index (χ4n) is 0.890. The summed E-state index contributed by atoms with van der Waals surface area (Å²) in [6.07, 6.45) is -2.44. The summed E-state index contributed by atoms with van der Waals surface area (Å²) in [7, 11) is -4.36. The van der Waals surface area contributed by atoms with Crippen LogP contribution in [-0.2, 0) is 10.0 Å².